The van der Waals surface area contributed by atoms with E-state index in [0.717, 1.165) is 5.69 Å². The molecule has 1 rings (SSSR count). The van der Waals surface area contributed by atoms with Crippen molar-refractivity contribution < 1.29 is 19.4 Å². The number of rotatable bonds is 6. The van der Waals surface area contributed by atoms with Crippen LogP contribution < -0.4 is 5.32 Å². The number of carboxylic acid groups (broad SMARTS) is 1. The molecule has 0 bridgehead atoms. The molecule has 21 heavy (non-hydrogen) atoms. The lowest BCUT2D eigenvalue weighted by molar-refractivity contribution is -0.139. The summed E-state index contributed by atoms with van der Waals surface area (Å²) in [7, 11) is 3.15. The number of aryl methyl sites for hydroxylation is 1. The van der Waals surface area contributed by atoms with Gasteiger partial charge in [-0.2, -0.15) is 5.10 Å². The van der Waals surface area contributed by atoms with E-state index in [1.807, 2.05) is 20.8 Å². The standard InChI is InChI=1S/C14H23N3O4/c1-14(2,3)11-8-10(17(4)16-11)12(18)15-9(13(19)20)6-7-21-5/h8-9H,6-7H2,1-5H3,(H,15,18)(H,19,20). The number of carbonyl (C=O) groups is 2. The van der Waals surface area contributed by atoms with Gasteiger partial charge in [-0.05, 0) is 6.07 Å². The summed E-state index contributed by atoms with van der Waals surface area (Å²) < 4.78 is 6.31. The lowest BCUT2D eigenvalue weighted by atomic mass is 9.92. The first kappa shape index (κ1) is 17.2. The average Bonchev–Trinajstić information content (AvgIpc) is 2.76. The van der Waals surface area contributed by atoms with Crippen molar-refractivity contribution >= 4 is 11.9 Å². The highest BCUT2D eigenvalue weighted by atomic mass is 16.5. The van der Waals surface area contributed by atoms with Crippen LogP contribution in [-0.2, 0) is 22.0 Å². The first-order valence-corrected chi connectivity index (χ1v) is 6.74. The molecule has 1 atom stereocenters. The topological polar surface area (TPSA) is 93.5 Å². The van der Waals surface area contributed by atoms with E-state index >= 15 is 0 Å². The van der Waals surface area contributed by atoms with E-state index < -0.39 is 17.9 Å². The first-order valence-electron chi connectivity index (χ1n) is 6.74. The van der Waals surface area contributed by atoms with Crippen LogP contribution in [0.5, 0.6) is 0 Å². The lowest BCUT2D eigenvalue weighted by Gasteiger charge is -2.14. The number of aromatic nitrogens is 2. The molecule has 0 aromatic carbocycles. The molecule has 1 amide bonds. The van der Waals surface area contributed by atoms with Gasteiger partial charge in [-0.1, -0.05) is 20.8 Å². The largest absolute Gasteiger partial charge is 0.480 e. The zero-order chi connectivity index (χ0) is 16.2. The van der Waals surface area contributed by atoms with E-state index in [1.54, 1.807) is 13.1 Å². The molecule has 0 fully saturated rings. The summed E-state index contributed by atoms with van der Waals surface area (Å²) in [5, 5.41) is 15.9. The summed E-state index contributed by atoms with van der Waals surface area (Å²) in [5.74, 6) is -1.54. The fourth-order valence-electron chi connectivity index (χ4n) is 1.77. The minimum Gasteiger partial charge on any atom is -0.480 e. The summed E-state index contributed by atoms with van der Waals surface area (Å²) in [4.78, 5) is 23.3. The Bertz CT molecular complexity index is 517. The van der Waals surface area contributed by atoms with Crippen molar-refractivity contribution in [1.82, 2.24) is 15.1 Å². The first-order chi connectivity index (χ1) is 9.66. The number of nitrogens with one attached hydrogen (secondary N) is 1. The molecule has 0 aliphatic heterocycles. The molecule has 7 heteroatoms. The number of nitrogens with zero attached hydrogens (tertiary/aromatic N) is 2. The fraction of sp³-hybridized carbons (Fsp3) is 0.643. The Kier molecular flexibility index (Phi) is 5.48. The van der Waals surface area contributed by atoms with E-state index in [-0.39, 0.29) is 18.4 Å². The van der Waals surface area contributed by atoms with Crippen LogP contribution in [0.4, 0.5) is 0 Å². The number of carboxylic acids is 1. The maximum Gasteiger partial charge on any atom is 0.326 e. The molecule has 1 heterocycles. The summed E-state index contributed by atoms with van der Waals surface area (Å²) in [6, 6.07) is 0.704. The van der Waals surface area contributed by atoms with E-state index in [4.69, 9.17) is 9.84 Å². The summed E-state index contributed by atoms with van der Waals surface area (Å²) in [6.07, 6.45) is 0.210. The van der Waals surface area contributed by atoms with Crippen molar-refractivity contribution in [2.45, 2.75) is 38.6 Å². The van der Waals surface area contributed by atoms with Gasteiger partial charge in [0.05, 0.1) is 5.69 Å². The molecule has 0 spiro atoms. The van der Waals surface area contributed by atoms with Gasteiger partial charge in [0.2, 0.25) is 0 Å². The Balaban J connectivity index is 2.88. The van der Waals surface area contributed by atoms with Crippen LogP contribution in [0.2, 0.25) is 0 Å². The van der Waals surface area contributed by atoms with Crippen LogP contribution in [-0.4, -0.2) is 46.5 Å². The number of hydrogen-bond donors (Lipinski definition) is 2. The number of aliphatic carboxylic acids is 1. The van der Waals surface area contributed by atoms with E-state index in [9.17, 15) is 9.59 Å². The number of carbonyl (C=O) groups excluding carboxylic acids is 1. The van der Waals surface area contributed by atoms with Crippen molar-refractivity contribution in [3.8, 4) is 0 Å². The van der Waals surface area contributed by atoms with Gasteiger partial charge in [0.15, 0.2) is 0 Å². The second-order valence-electron chi connectivity index (χ2n) is 5.93. The normalized spacial score (nSPS) is 13.0. The highest BCUT2D eigenvalue weighted by molar-refractivity contribution is 5.95. The third-order valence-electron chi connectivity index (χ3n) is 3.09. The van der Waals surface area contributed by atoms with Crippen molar-refractivity contribution in [3.63, 3.8) is 0 Å². The average molecular weight is 297 g/mol. The lowest BCUT2D eigenvalue weighted by Crippen LogP contribution is -2.42. The third-order valence-corrected chi connectivity index (χ3v) is 3.09. The van der Waals surface area contributed by atoms with Crippen LogP contribution in [0, 0.1) is 0 Å². The number of ether oxygens (including phenoxy) is 1. The van der Waals surface area contributed by atoms with Crippen LogP contribution in [0.25, 0.3) is 0 Å². The molecule has 2 N–H and O–H groups in total. The minimum atomic E-state index is -1.08. The molecule has 1 unspecified atom stereocenters. The fourth-order valence-corrected chi connectivity index (χ4v) is 1.77. The smallest absolute Gasteiger partial charge is 0.326 e. The summed E-state index contributed by atoms with van der Waals surface area (Å²) in [6.45, 7) is 6.25. The second kappa shape index (κ2) is 6.71. The Morgan fingerprint density at radius 1 is 1.48 bits per heavy atom. The van der Waals surface area contributed by atoms with Crippen molar-refractivity contribution in [3.05, 3.63) is 17.5 Å². The summed E-state index contributed by atoms with van der Waals surface area (Å²) >= 11 is 0. The molecule has 7 nitrogen and oxygen atoms in total. The van der Waals surface area contributed by atoms with E-state index in [0.29, 0.717) is 5.69 Å². The van der Waals surface area contributed by atoms with Gasteiger partial charge in [-0.3, -0.25) is 9.48 Å². The molecule has 1 aromatic heterocycles. The van der Waals surface area contributed by atoms with Gasteiger partial charge in [0.1, 0.15) is 11.7 Å². The van der Waals surface area contributed by atoms with E-state index in [1.165, 1.54) is 11.8 Å². The molecule has 0 aliphatic carbocycles. The third kappa shape index (κ3) is 4.56. The van der Waals surface area contributed by atoms with Gasteiger partial charge < -0.3 is 15.2 Å². The molecular weight excluding hydrogens is 274 g/mol. The SMILES string of the molecule is COCCC(NC(=O)c1cc(C(C)(C)C)nn1C)C(=O)O. The van der Waals surface area contributed by atoms with Crippen LogP contribution >= 0.6 is 0 Å². The molecule has 118 valence electrons. The summed E-state index contributed by atoms with van der Waals surface area (Å²) in [5.41, 5.74) is 0.931. The van der Waals surface area contributed by atoms with Gasteiger partial charge in [-0.15, -0.1) is 0 Å². The molecule has 0 saturated heterocycles. The van der Waals surface area contributed by atoms with Gasteiger partial charge >= 0.3 is 5.97 Å². The van der Waals surface area contributed by atoms with Gasteiger partial charge in [0.25, 0.3) is 5.91 Å². The highest BCUT2D eigenvalue weighted by Crippen LogP contribution is 2.21. The molecule has 0 aliphatic rings. The Morgan fingerprint density at radius 2 is 2.10 bits per heavy atom. The Labute approximate surface area is 124 Å². The minimum absolute atomic E-state index is 0.182. The van der Waals surface area contributed by atoms with Crippen LogP contribution in [0.15, 0.2) is 6.07 Å². The molecule has 1 aromatic rings. The van der Waals surface area contributed by atoms with Crippen molar-refractivity contribution in [2.75, 3.05) is 13.7 Å². The van der Waals surface area contributed by atoms with Gasteiger partial charge in [0, 0.05) is 32.6 Å². The van der Waals surface area contributed by atoms with Crippen molar-refractivity contribution in [1.29, 1.82) is 0 Å². The maximum absolute atomic E-state index is 12.2. The maximum atomic E-state index is 12.2. The Morgan fingerprint density at radius 3 is 2.52 bits per heavy atom. The highest BCUT2D eigenvalue weighted by Gasteiger charge is 2.25. The van der Waals surface area contributed by atoms with Crippen LogP contribution in [0.3, 0.4) is 0 Å². The quantitative estimate of drug-likeness (QED) is 0.815. The zero-order valence-electron chi connectivity index (χ0n) is 13.1. The van der Waals surface area contributed by atoms with Crippen LogP contribution in [0.1, 0.15) is 43.4 Å². The zero-order valence-corrected chi connectivity index (χ0v) is 13.1. The number of hydrogen-bond acceptors (Lipinski definition) is 4. The molecule has 0 radical (unpaired) electrons. The monoisotopic (exact) mass is 297 g/mol. The van der Waals surface area contributed by atoms with Gasteiger partial charge in [-0.25, -0.2) is 4.79 Å². The van der Waals surface area contributed by atoms with E-state index in [2.05, 4.69) is 10.4 Å². The predicted molar refractivity (Wildman–Crippen MR) is 77.3 cm³/mol. The Hall–Kier alpha value is -1.89. The van der Waals surface area contributed by atoms with Crippen molar-refractivity contribution in [2.24, 2.45) is 7.05 Å². The second-order valence-corrected chi connectivity index (χ2v) is 5.93. The predicted octanol–water partition coefficient (Wildman–Crippen LogP) is 0.937. The number of methoxy groups -OCH3 is 1. The molecular formula is C14H23N3O4. The number of amides is 1. The molecule has 0 saturated carbocycles.